The van der Waals surface area contributed by atoms with Gasteiger partial charge in [0.15, 0.2) is 5.78 Å². The first-order valence-electron chi connectivity index (χ1n) is 3.09. The molecular weight excluding hydrogens is 288 g/mol. The summed E-state index contributed by atoms with van der Waals surface area (Å²) in [5.41, 5.74) is 5.76. The number of halogens is 2. The van der Waals surface area contributed by atoms with Crippen LogP contribution in [0.1, 0.15) is 10.4 Å². The number of hydrogen-bond donors (Lipinski definition) is 1. The van der Waals surface area contributed by atoms with Crippen molar-refractivity contribution in [1.82, 2.24) is 4.98 Å². The molecule has 0 saturated heterocycles. The maximum Gasteiger partial charge on any atom is 0.176 e. The number of aromatic nitrogens is 1. The fraction of sp³-hybridized carbons (Fsp3) is 0.143. The van der Waals surface area contributed by atoms with Gasteiger partial charge in [-0.3, -0.25) is 4.79 Å². The van der Waals surface area contributed by atoms with Crippen LogP contribution in [0.15, 0.2) is 22.9 Å². The molecule has 0 unspecified atom stereocenters. The maximum absolute atomic E-state index is 11.0. The lowest BCUT2D eigenvalue weighted by atomic mass is 10.2. The zero-order valence-corrected chi connectivity index (χ0v) is 9.46. The van der Waals surface area contributed by atoms with Crippen LogP contribution in [0.4, 0.5) is 0 Å². The molecule has 1 aromatic rings. The van der Waals surface area contributed by atoms with E-state index in [0.717, 1.165) is 0 Å². The molecule has 0 spiro atoms. The Labute approximate surface area is 89.3 Å². The molecule has 0 amide bonds. The summed E-state index contributed by atoms with van der Waals surface area (Å²) in [4.78, 5) is 14.9. The quantitative estimate of drug-likeness (QED) is 0.665. The van der Waals surface area contributed by atoms with Gasteiger partial charge in [0.1, 0.15) is 4.60 Å². The number of ketones is 1. The summed E-state index contributed by atoms with van der Waals surface area (Å²) in [5.74, 6) is -0.0758. The molecule has 5 heteroatoms. The van der Waals surface area contributed by atoms with Gasteiger partial charge in [0, 0.05) is 11.8 Å². The predicted molar refractivity (Wildman–Crippen MR) is 55.6 cm³/mol. The topological polar surface area (TPSA) is 56.0 Å². The van der Waals surface area contributed by atoms with E-state index in [-0.39, 0.29) is 29.3 Å². The van der Waals surface area contributed by atoms with Crippen molar-refractivity contribution in [3.63, 3.8) is 0 Å². The van der Waals surface area contributed by atoms with Crippen LogP contribution in [-0.4, -0.2) is 17.3 Å². The molecule has 12 heavy (non-hydrogen) atoms. The van der Waals surface area contributed by atoms with E-state index in [9.17, 15) is 4.79 Å². The summed E-state index contributed by atoms with van der Waals surface area (Å²) in [6.07, 6.45) is 1.56. The Morgan fingerprint density at radius 3 is 2.83 bits per heavy atom. The standard InChI is InChI=1S/C7H7BrN2O.BrH/c8-7-3-5(1-2-10-7)6(11)4-9;/h1-3H,4,9H2;1H. The summed E-state index contributed by atoms with van der Waals surface area (Å²) < 4.78 is 0.650. The lowest BCUT2D eigenvalue weighted by Crippen LogP contribution is -2.13. The van der Waals surface area contributed by atoms with Crippen LogP contribution in [-0.2, 0) is 0 Å². The predicted octanol–water partition coefficient (Wildman–Crippen LogP) is 1.56. The lowest BCUT2D eigenvalue weighted by molar-refractivity contribution is 0.100. The zero-order chi connectivity index (χ0) is 8.27. The van der Waals surface area contributed by atoms with Crippen LogP contribution in [0.25, 0.3) is 0 Å². The normalized spacial score (nSPS) is 8.83. The Balaban J connectivity index is 0.00000121. The Kier molecular flexibility index (Phi) is 5.28. The monoisotopic (exact) mass is 294 g/mol. The number of nitrogens with zero attached hydrogens (tertiary/aromatic N) is 1. The molecule has 0 aliphatic heterocycles. The number of nitrogens with two attached hydrogens (primary N) is 1. The molecule has 0 aliphatic rings. The third-order valence-electron chi connectivity index (χ3n) is 1.23. The molecule has 0 radical (unpaired) electrons. The molecule has 0 saturated carbocycles. The highest BCUT2D eigenvalue weighted by molar-refractivity contribution is 9.10. The average molecular weight is 296 g/mol. The van der Waals surface area contributed by atoms with Crippen molar-refractivity contribution in [3.8, 4) is 0 Å². The molecule has 0 fully saturated rings. The molecule has 3 nitrogen and oxygen atoms in total. The van der Waals surface area contributed by atoms with Gasteiger partial charge in [0.2, 0.25) is 0 Å². The summed E-state index contributed by atoms with van der Waals surface area (Å²) in [5, 5.41) is 0. The highest BCUT2D eigenvalue weighted by Gasteiger charge is 2.02. The smallest absolute Gasteiger partial charge is 0.176 e. The largest absolute Gasteiger partial charge is 0.324 e. The van der Waals surface area contributed by atoms with Gasteiger partial charge in [-0.05, 0) is 28.1 Å². The van der Waals surface area contributed by atoms with E-state index < -0.39 is 0 Å². The number of pyridine rings is 1. The summed E-state index contributed by atoms with van der Waals surface area (Å²) in [7, 11) is 0. The van der Waals surface area contributed by atoms with Crippen LogP contribution in [0.2, 0.25) is 0 Å². The first kappa shape index (κ1) is 11.7. The minimum absolute atomic E-state index is 0. The van der Waals surface area contributed by atoms with E-state index >= 15 is 0 Å². The second-order valence-electron chi connectivity index (χ2n) is 1.99. The second kappa shape index (κ2) is 5.40. The van der Waals surface area contributed by atoms with Gasteiger partial charge in [-0.2, -0.15) is 0 Å². The zero-order valence-electron chi connectivity index (χ0n) is 6.16. The minimum Gasteiger partial charge on any atom is -0.324 e. The van der Waals surface area contributed by atoms with Gasteiger partial charge in [0.05, 0.1) is 6.54 Å². The van der Waals surface area contributed by atoms with Crippen molar-refractivity contribution < 1.29 is 4.79 Å². The first-order valence-corrected chi connectivity index (χ1v) is 3.88. The Hall–Kier alpha value is -0.260. The van der Waals surface area contributed by atoms with Crippen LogP contribution in [0, 0.1) is 0 Å². The van der Waals surface area contributed by atoms with Crippen LogP contribution >= 0.6 is 32.9 Å². The maximum atomic E-state index is 11.0. The van der Waals surface area contributed by atoms with Crippen LogP contribution in [0.3, 0.4) is 0 Å². The van der Waals surface area contributed by atoms with Crippen molar-refractivity contribution >= 4 is 38.7 Å². The molecule has 2 N–H and O–H groups in total. The molecule has 0 bridgehead atoms. The lowest BCUT2D eigenvalue weighted by Gasteiger charge is -1.96. The highest BCUT2D eigenvalue weighted by atomic mass is 79.9. The van der Waals surface area contributed by atoms with Crippen molar-refractivity contribution in [2.45, 2.75) is 0 Å². The SMILES string of the molecule is Br.NCC(=O)c1ccnc(Br)c1. The summed E-state index contributed by atoms with van der Waals surface area (Å²) >= 11 is 3.16. The van der Waals surface area contributed by atoms with E-state index in [2.05, 4.69) is 20.9 Å². The van der Waals surface area contributed by atoms with E-state index in [1.165, 1.54) is 0 Å². The van der Waals surface area contributed by atoms with Crippen molar-refractivity contribution in [1.29, 1.82) is 0 Å². The van der Waals surface area contributed by atoms with E-state index in [1.807, 2.05) is 0 Å². The van der Waals surface area contributed by atoms with E-state index in [1.54, 1.807) is 18.3 Å². The molecule has 0 atom stereocenters. The third kappa shape index (κ3) is 3.00. The van der Waals surface area contributed by atoms with Crippen molar-refractivity contribution in [3.05, 3.63) is 28.5 Å². The van der Waals surface area contributed by atoms with E-state index in [0.29, 0.717) is 10.2 Å². The third-order valence-corrected chi connectivity index (χ3v) is 1.67. The summed E-state index contributed by atoms with van der Waals surface area (Å²) in [6.45, 7) is 0.0381. The molecule has 0 aliphatic carbocycles. The van der Waals surface area contributed by atoms with Crippen LogP contribution < -0.4 is 5.73 Å². The van der Waals surface area contributed by atoms with E-state index in [4.69, 9.17) is 5.73 Å². The molecule has 1 heterocycles. The number of carbonyl (C=O) groups is 1. The Morgan fingerprint density at radius 1 is 1.67 bits per heavy atom. The van der Waals surface area contributed by atoms with Gasteiger partial charge >= 0.3 is 0 Å². The fourth-order valence-electron chi connectivity index (χ4n) is 0.694. The number of Topliss-reactive ketones (excluding diaryl/α,β-unsaturated/α-hetero) is 1. The van der Waals surface area contributed by atoms with Gasteiger partial charge in [-0.25, -0.2) is 4.98 Å². The Bertz CT molecular complexity index is 278. The molecule has 66 valence electrons. The highest BCUT2D eigenvalue weighted by Crippen LogP contribution is 2.07. The van der Waals surface area contributed by atoms with Crippen LogP contribution in [0.5, 0.6) is 0 Å². The minimum atomic E-state index is -0.0758. The number of carbonyl (C=O) groups excluding carboxylic acids is 1. The molecule has 0 aromatic carbocycles. The van der Waals surface area contributed by atoms with Crippen molar-refractivity contribution in [2.75, 3.05) is 6.54 Å². The molecular formula is C7H8Br2N2O. The van der Waals surface area contributed by atoms with Gasteiger partial charge in [0.25, 0.3) is 0 Å². The first-order chi connectivity index (χ1) is 5.24. The summed E-state index contributed by atoms with van der Waals surface area (Å²) in [6, 6.07) is 3.29. The van der Waals surface area contributed by atoms with Gasteiger partial charge in [-0.15, -0.1) is 17.0 Å². The Morgan fingerprint density at radius 2 is 2.33 bits per heavy atom. The van der Waals surface area contributed by atoms with Gasteiger partial charge < -0.3 is 5.73 Å². The number of hydrogen-bond acceptors (Lipinski definition) is 3. The second-order valence-corrected chi connectivity index (χ2v) is 2.81. The van der Waals surface area contributed by atoms with Crippen molar-refractivity contribution in [2.24, 2.45) is 5.73 Å². The molecule has 1 rings (SSSR count). The number of rotatable bonds is 2. The average Bonchev–Trinajstić information content (AvgIpc) is 2.03. The fourth-order valence-corrected chi connectivity index (χ4v) is 1.06. The molecule has 1 aromatic heterocycles. The van der Waals surface area contributed by atoms with Gasteiger partial charge in [-0.1, -0.05) is 0 Å².